The highest BCUT2D eigenvalue weighted by Crippen LogP contribution is 2.16. The maximum Gasteiger partial charge on any atom is 0.326 e. The second-order valence-corrected chi connectivity index (χ2v) is 8.27. The molecule has 0 unspecified atom stereocenters. The van der Waals surface area contributed by atoms with Crippen LogP contribution in [0.5, 0.6) is 0 Å². The Morgan fingerprint density at radius 1 is 0.971 bits per heavy atom. The maximum atomic E-state index is 12.2. The van der Waals surface area contributed by atoms with Crippen molar-refractivity contribution in [1.82, 2.24) is 5.32 Å². The molecule has 2 N–H and O–H groups in total. The lowest BCUT2D eigenvalue weighted by molar-refractivity contribution is 0.0967. The third kappa shape index (κ3) is 7.46. The van der Waals surface area contributed by atoms with Crippen LogP contribution in [-0.2, 0) is 11.4 Å². The molecule has 0 bridgehead atoms. The summed E-state index contributed by atoms with van der Waals surface area (Å²) in [5.74, 6) is -0.571. The topological polar surface area (TPSA) is 79.8 Å². The van der Waals surface area contributed by atoms with Gasteiger partial charge in [-0.25, -0.2) is 4.79 Å². The minimum absolute atomic E-state index is 0.233. The van der Waals surface area contributed by atoms with Gasteiger partial charge in [0.05, 0.1) is 16.3 Å². The van der Waals surface area contributed by atoms with Crippen molar-refractivity contribution in [3.63, 3.8) is 0 Å². The summed E-state index contributed by atoms with van der Waals surface area (Å²) in [5.41, 5.74) is 4.88. The van der Waals surface area contributed by atoms with Crippen LogP contribution in [0.2, 0.25) is 5.02 Å². The third-order valence-electron chi connectivity index (χ3n) is 5.12. The lowest BCUT2D eigenvalue weighted by Gasteiger charge is -2.09. The van der Waals surface area contributed by atoms with Crippen LogP contribution in [-0.4, -0.2) is 17.6 Å². The van der Waals surface area contributed by atoms with E-state index < -0.39 is 11.9 Å². The average Bonchev–Trinajstić information content (AvgIpc) is 2.83. The Bertz CT molecular complexity index is 1140. The van der Waals surface area contributed by atoms with Crippen LogP contribution >= 0.6 is 11.6 Å². The van der Waals surface area contributed by atoms with E-state index in [2.05, 4.69) is 53.9 Å². The molecule has 7 heteroatoms. The molecule has 3 aromatic rings. The molecule has 0 heterocycles. The van der Waals surface area contributed by atoms with Crippen LogP contribution in [0.3, 0.4) is 0 Å². The van der Waals surface area contributed by atoms with Gasteiger partial charge in [0.1, 0.15) is 6.61 Å². The monoisotopic (exact) mass is 477 g/mol. The summed E-state index contributed by atoms with van der Waals surface area (Å²) >= 11 is 5.99. The van der Waals surface area contributed by atoms with Crippen molar-refractivity contribution >= 4 is 34.9 Å². The lowest BCUT2D eigenvalue weighted by atomic mass is 10.0. The zero-order chi connectivity index (χ0) is 24.3. The number of amides is 3. The molecule has 0 saturated carbocycles. The fourth-order valence-corrected chi connectivity index (χ4v) is 3.40. The number of benzene rings is 3. The van der Waals surface area contributed by atoms with E-state index in [-0.39, 0.29) is 10.6 Å². The average molecular weight is 478 g/mol. The van der Waals surface area contributed by atoms with Crippen LogP contribution in [0, 0.1) is 6.92 Å². The molecular formula is C27H28ClN3O3. The first-order chi connectivity index (χ1) is 16.5. The van der Waals surface area contributed by atoms with Gasteiger partial charge in [0, 0.05) is 5.69 Å². The summed E-state index contributed by atoms with van der Waals surface area (Å²) in [6.45, 7) is 4.51. The van der Waals surface area contributed by atoms with E-state index in [4.69, 9.17) is 16.4 Å². The molecule has 0 aromatic heterocycles. The van der Waals surface area contributed by atoms with Gasteiger partial charge in [0.25, 0.3) is 5.91 Å². The second kappa shape index (κ2) is 12.6. The van der Waals surface area contributed by atoms with Crippen molar-refractivity contribution in [2.75, 3.05) is 5.32 Å². The second-order valence-electron chi connectivity index (χ2n) is 7.87. The van der Waals surface area contributed by atoms with E-state index in [0.717, 1.165) is 36.1 Å². The highest BCUT2D eigenvalue weighted by molar-refractivity contribution is 6.34. The van der Waals surface area contributed by atoms with Gasteiger partial charge < -0.3 is 10.2 Å². The van der Waals surface area contributed by atoms with Crippen molar-refractivity contribution in [3.05, 3.63) is 100 Å². The first-order valence-corrected chi connectivity index (χ1v) is 11.6. The molecule has 6 nitrogen and oxygen atoms in total. The van der Waals surface area contributed by atoms with Crippen molar-refractivity contribution < 1.29 is 14.4 Å². The fourth-order valence-electron chi connectivity index (χ4n) is 3.18. The van der Waals surface area contributed by atoms with Gasteiger partial charge in [-0.1, -0.05) is 84.2 Å². The molecule has 0 aliphatic carbocycles. The normalized spacial score (nSPS) is 11.1. The number of rotatable bonds is 9. The van der Waals surface area contributed by atoms with Gasteiger partial charge in [-0.05, 0) is 55.2 Å². The highest BCUT2D eigenvalue weighted by Gasteiger charge is 2.13. The SMILES string of the molecule is CCCC/C(=N\OCc1ccc(NC(=O)NC(=O)c2ccccc2Cl)cc1)c1ccc(C)cc1. The Hall–Kier alpha value is -3.64. The Balaban J connectivity index is 1.54. The molecule has 0 fully saturated rings. The van der Waals surface area contributed by atoms with Gasteiger partial charge in [0.2, 0.25) is 0 Å². The summed E-state index contributed by atoms with van der Waals surface area (Å²) in [4.78, 5) is 30.0. The van der Waals surface area contributed by atoms with Crippen LogP contribution in [0.4, 0.5) is 10.5 Å². The minimum Gasteiger partial charge on any atom is -0.391 e. The molecule has 3 amide bonds. The Labute approximate surface area is 205 Å². The maximum absolute atomic E-state index is 12.2. The number of hydrogen-bond donors (Lipinski definition) is 2. The molecule has 0 aliphatic rings. The minimum atomic E-state index is -0.641. The molecule has 176 valence electrons. The molecule has 3 aromatic carbocycles. The zero-order valence-corrected chi connectivity index (χ0v) is 20.1. The summed E-state index contributed by atoms with van der Waals surface area (Å²) in [6.07, 6.45) is 2.97. The number of hydrogen-bond acceptors (Lipinski definition) is 4. The number of carbonyl (C=O) groups is 2. The number of halogens is 1. The summed E-state index contributed by atoms with van der Waals surface area (Å²) < 4.78 is 0. The smallest absolute Gasteiger partial charge is 0.326 e. The number of nitrogens with zero attached hydrogens (tertiary/aromatic N) is 1. The summed E-state index contributed by atoms with van der Waals surface area (Å²) in [5, 5.41) is 9.56. The number of urea groups is 1. The number of carbonyl (C=O) groups excluding carboxylic acids is 2. The van der Waals surface area contributed by atoms with Crippen LogP contribution in [0.25, 0.3) is 0 Å². The summed E-state index contributed by atoms with van der Waals surface area (Å²) in [7, 11) is 0. The van der Waals surface area contributed by atoms with Gasteiger partial charge in [-0.3, -0.25) is 10.1 Å². The van der Waals surface area contributed by atoms with Gasteiger partial charge in [-0.2, -0.15) is 0 Å². The number of anilines is 1. The Kier molecular flexibility index (Phi) is 9.23. The van der Waals surface area contributed by atoms with E-state index in [1.807, 2.05) is 12.1 Å². The van der Waals surface area contributed by atoms with E-state index in [0.29, 0.717) is 12.3 Å². The largest absolute Gasteiger partial charge is 0.391 e. The Morgan fingerprint density at radius 3 is 2.35 bits per heavy atom. The molecule has 0 aliphatic heterocycles. The molecule has 0 saturated heterocycles. The van der Waals surface area contributed by atoms with E-state index >= 15 is 0 Å². The number of nitrogens with one attached hydrogen (secondary N) is 2. The van der Waals surface area contributed by atoms with Crippen LogP contribution in [0.1, 0.15) is 53.2 Å². The standard InChI is InChI=1S/C27H28ClN3O3/c1-3-4-9-25(21-14-10-19(2)11-15-21)31-34-18-20-12-16-22(17-13-20)29-27(33)30-26(32)23-7-5-6-8-24(23)28/h5-8,10-17H,3-4,9,18H2,1-2H3,(H2,29,30,32,33)/b31-25+. The highest BCUT2D eigenvalue weighted by atomic mass is 35.5. The van der Waals surface area contributed by atoms with Gasteiger partial charge in [-0.15, -0.1) is 0 Å². The molecular weight excluding hydrogens is 450 g/mol. The molecule has 3 rings (SSSR count). The van der Waals surface area contributed by atoms with E-state index in [1.165, 1.54) is 5.56 Å². The molecule has 0 spiro atoms. The van der Waals surface area contributed by atoms with Crippen molar-refractivity contribution in [2.24, 2.45) is 5.16 Å². The number of unbranched alkanes of at least 4 members (excludes halogenated alkanes) is 1. The van der Waals surface area contributed by atoms with Gasteiger partial charge in [0.15, 0.2) is 0 Å². The number of imide groups is 1. The quantitative estimate of drug-likeness (QED) is 0.265. The predicted molar refractivity (Wildman–Crippen MR) is 136 cm³/mol. The van der Waals surface area contributed by atoms with Crippen LogP contribution in [0.15, 0.2) is 78.0 Å². The zero-order valence-electron chi connectivity index (χ0n) is 19.3. The van der Waals surface area contributed by atoms with Crippen molar-refractivity contribution in [2.45, 2.75) is 39.7 Å². The van der Waals surface area contributed by atoms with Gasteiger partial charge >= 0.3 is 6.03 Å². The molecule has 34 heavy (non-hydrogen) atoms. The van der Waals surface area contributed by atoms with Crippen LogP contribution < -0.4 is 10.6 Å². The lowest BCUT2D eigenvalue weighted by Crippen LogP contribution is -2.34. The predicted octanol–water partition coefficient (Wildman–Crippen LogP) is 6.72. The third-order valence-corrected chi connectivity index (χ3v) is 5.44. The van der Waals surface area contributed by atoms with Crippen molar-refractivity contribution in [3.8, 4) is 0 Å². The first-order valence-electron chi connectivity index (χ1n) is 11.2. The van der Waals surface area contributed by atoms with Crippen molar-refractivity contribution in [1.29, 1.82) is 0 Å². The van der Waals surface area contributed by atoms with E-state index in [1.54, 1.807) is 36.4 Å². The Morgan fingerprint density at radius 2 is 1.68 bits per heavy atom. The van der Waals surface area contributed by atoms with E-state index in [9.17, 15) is 9.59 Å². The first kappa shape index (κ1) is 25.0. The summed E-state index contributed by atoms with van der Waals surface area (Å²) in [6, 6.07) is 21.3. The fraction of sp³-hybridized carbons (Fsp3) is 0.222. The number of oxime groups is 1. The number of aryl methyl sites for hydroxylation is 1. The molecule has 0 atom stereocenters. The molecule has 0 radical (unpaired) electrons.